The summed E-state index contributed by atoms with van der Waals surface area (Å²) in [6.45, 7) is 5.54. The molecule has 0 aromatic carbocycles. The Labute approximate surface area is 115 Å². The molecule has 0 radical (unpaired) electrons. The Morgan fingerprint density at radius 3 is 2.79 bits per heavy atom. The molecule has 0 atom stereocenters. The van der Waals surface area contributed by atoms with E-state index < -0.39 is 0 Å². The van der Waals surface area contributed by atoms with Crippen LogP contribution in [0.2, 0.25) is 0 Å². The van der Waals surface area contributed by atoms with Crippen LogP contribution in [0.3, 0.4) is 0 Å². The van der Waals surface area contributed by atoms with Gasteiger partial charge in [-0.25, -0.2) is 4.68 Å². The molecule has 0 unspecified atom stereocenters. The number of hydrogen-bond donors (Lipinski definition) is 1. The summed E-state index contributed by atoms with van der Waals surface area (Å²) in [4.78, 5) is 3.24. The zero-order valence-corrected chi connectivity index (χ0v) is 12.0. The van der Waals surface area contributed by atoms with E-state index in [1.165, 1.54) is 0 Å². The molecule has 0 aliphatic heterocycles. The van der Waals surface area contributed by atoms with Gasteiger partial charge >= 0.3 is 0 Å². The molecule has 0 aliphatic rings. The largest absolute Gasteiger partial charge is 0.328 e. The van der Waals surface area contributed by atoms with E-state index in [-0.39, 0.29) is 0 Å². The van der Waals surface area contributed by atoms with Crippen LogP contribution in [0.1, 0.15) is 18.3 Å². The van der Waals surface area contributed by atoms with Gasteiger partial charge in [0, 0.05) is 19.8 Å². The summed E-state index contributed by atoms with van der Waals surface area (Å²) in [7, 11) is 1.91. The highest BCUT2D eigenvalue weighted by molar-refractivity contribution is 7.71. The topological polar surface area (TPSA) is 56.4 Å². The van der Waals surface area contributed by atoms with E-state index in [2.05, 4.69) is 26.7 Å². The minimum Gasteiger partial charge on any atom is -0.328 e. The van der Waals surface area contributed by atoms with Crippen molar-refractivity contribution in [3.63, 3.8) is 0 Å². The molecule has 0 saturated heterocycles. The van der Waals surface area contributed by atoms with Crippen molar-refractivity contribution in [1.29, 1.82) is 0 Å². The maximum atomic E-state index is 5.41. The lowest BCUT2D eigenvalue weighted by molar-refractivity contribution is 0.636. The summed E-state index contributed by atoms with van der Waals surface area (Å²) in [5, 5.41) is 8.91. The number of aryl methyl sites for hydroxylation is 3. The molecular weight excluding hydrogens is 260 g/mol. The number of nitrogens with zero attached hydrogens (tertiary/aromatic N) is 5. The molecule has 0 amide bonds. The summed E-state index contributed by atoms with van der Waals surface area (Å²) in [5.41, 5.74) is 4.02. The van der Waals surface area contributed by atoms with E-state index in [1.54, 1.807) is 4.68 Å². The summed E-state index contributed by atoms with van der Waals surface area (Å²) in [6.07, 6.45) is 1.94. The summed E-state index contributed by atoms with van der Waals surface area (Å²) >= 11 is 5.41. The molecule has 0 spiro atoms. The first-order chi connectivity index (χ1) is 9.10. The Morgan fingerprint density at radius 1 is 1.37 bits per heavy atom. The normalized spacial score (nSPS) is 11.5. The molecule has 7 heteroatoms. The van der Waals surface area contributed by atoms with Crippen LogP contribution >= 0.6 is 12.2 Å². The van der Waals surface area contributed by atoms with Gasteiger partial charge in [-0.1, -0.05) is 0 Å². The minimum absolute atomic E-state index is 0.658. The molecule has 6 nitrogen and oxygen atoms in total. The van der Waals surface area contributed by atoms with Gasteiger partial charge in [0.1, 0.15) is 5.52 Å². The molecule has 0 aliphatic carbocycles. The van der Waals surface area contributed by atoms with Crippen molar-refractivity contribution in [2.45, 2.75) is 26.9 Å². The second kappa shape index (κ2) is 4.34. The van der Waals surface area contributed by atoms with Gasteiger partial charge in [-0.15, -0.1) is 0 Å². The van der Waals surface area contributed by atoms with Crippen molar-refractivity contribution >= 4 is 23.4 Å². The van der Waals surface area contributed by atoms with Crippen LogP contribution in [-0.2, 0) is 20.1 Å². The number of nitrogens with one attached hydrogen (secondary N) is 1. The van der Waals surface area contributed by atoms with Crippen molar-refractivity contribution in [2.75, 3.05) is 0 Å². The maximum Gasteiger partial charge on any atom is 0.179 e. The van der Waals surface area contributed by atoms with Crippen molar-refractivity contribution in [1.82, 2.24) is 29.1 Å². The van der Waals surface area contributed by atoms with E-state index in [4.69, 9.17) is 12.2 Å². The number of fused-ring (bicyclic) bond motifs is 1. The lowest BCUT2D eigenvalue weighted by Crippen LogP contribution is -2.07. The minimum atomic E-state index is 0.658. The number of aromatic amines is 1. The average molecular weight is 276 g/mol. The average Bonchev–Trinajstić information content (AvgIpc) is 3.00. The second-order valence-electron chi connectivity index (χ2n) is 4.60. The van der Waals surface area contributed by atoms with E-state index >= 15 is 0 Å². The Balaban J connectivity index is 2.17. The Hall–Kier alpha value is -1.89. The molecule has 19 heavy (non-hydrogen) atoms. The number of hydrogen-bond acceptors (Lipinski definition) is 3. The van der Waals surface area contributed by atoms with Crippen LogP contribution < -0.4 is 0 Å². The molecule has 3 aromatic rings. The first-order valence-corrected chi connectivity index (χ1v) is 6.65. The van der Waals surface area contributed by atoms with Crippen LogP contribution in [0.25, 0.3) is 11.2 Å². The van der Waals surface area contributed by atoms with Gasteiger partial charge in [-0.05, 0) is 32.1 Å². The SMILES string of the molecule is CCn1nc(C)c2[nH]c(=S)n(Cc3ccn(C)n3)c21. The Kier molecular flexibility index (Phi) is 2.78. The molecule has 1 N–H and O–H groups in total. The molecule has 3 aromatic heterocycles. The highest BCUT2D eigenvalue weighted by Crippen LogP contribution is 2.18. The fraction of sp³-hybridized carbons (Fsp3) is 0.417. The molecule has 0 saturated carbocycles. The van der Waals surface area contributed by atoms with Crippen LogP contribution in [0.5, 0.6) is 0 Å². The fourth-order valence-electron chi connectivity index (χ4n) is 2.34. The van der Waals surface area contributed by atoms with E-state index in [9.17, 15) is 0 Å². The fourth-order valence-corrected chi connectivity index (χ4v) is 2.59. The molecule has 100 valence electrons. The summed E-state index contributed by atoms with van der Waals surface area (Å²) in [6, 6.07) is 2.00. The zero-order chi connectivity index (χ0) is 13.6. The van der Waals surface area contributed by atoms with Crippen molar-refractivity contribution in [3.05, 3.63) is 28.4 Å². The lowest BCUT2D eigenvalue weighted by atomic mass is 10.4. The monoisotopic (exact) mass is 276 g/mol. The second-order valence-corrected chi connectivity index (χ2v) is 4.98. The van der Waals surface area contributed by atoms with Gasteiger partial charge in [0.2, 0.25) is 0 Å². The lowest BCUT2D eigenvalue weighted by Gasteiger charge is -2.04. The van der Waals surface area contributed by atoms with Crippen molar-refractivity contribution in [2.24, 2.45) is 7.05 Å². The van der Waals surface area contributed by atoms with Crippen LogP contribution in [0.15, 0.2) is 12.3 Å². The molecule has 3 heterocycles. The Morgan fingerprint density at radius 2 is 2.16 bits per heavy atom. The van der Waals surface area contributed by atoms with Crippen molar-refractivity contribution in [3.8, 4) is 0 Å². The summed E-state index contributed by atoms with van der Waals surface area (Å²) in [5.74, 6) is 0. The zero-order valence-electron chi connectivity index (χ0n) is 11.2. The van der Waals surface area contributed by atoms with Crippen LogP contribution in [-0.4, -0.2) is 29.1 Å². The smallest absolute Gasteiger partial charge is 0.179 e. The third kappa shape index (κ3) is 1.90. The number of H-pyrrole nitrogens is 1. The Bertz CT molecular complexity index is 787. The van der Waals surface area contributed by atoms with Gasteiger partial charge in [-0.3, -0.25) is 9.25 Å². The molecule has 3 rings (SSSR count). The third-order valence-corrected chi connectivity index (χ3v) is 3.54. The van der Waals surface area contributed by atoms with Gasteiger partial charge in [0.25, 0.3) is 0 Å². The first-order valence-electron chi connectivity index (χ1n) is 6.24. The number of rotatable bonds is 3. The van der Waals surface area contributed by atoms with Crippen LogP contribution in [0, 0.1) is 11.7 Å². The molecule has 0 bridgehead atoms. The standard InChI is InChI=1S/C12H16N6S/c1-4-18-11-10(8(2)14-18)13-12(19)17(11)7-9-5-6-16(3)15-9/h5-6H,4,7H2,1-3H3,(H,13,19). The number of imidazole rings is 1. The summed E-state index contributed by atoms with van der Waals surface area (Å²) < 4.78 is 6.53. The molecule has 0 fully saturated rings. The van der Waals surface area contributed by atoms with E-state index in [1.807, 2.05) is 30.9 Å². The predicted octanol–water partition coefficient (Wildman–Crippen LogP) is 2.01. The van der Waals surface area contributed by atoms with Crippen LogP contribution in [0.4, 0.5) is 0 Å². The molecular formula is C12H16N6S. The van der Waals surface area contributed by atoms with Gasteiger partial charge in [-0.2, -0.15) is 10.2 Å². The highest BCUT2D eigenvalue weighted by atomic mass is 32.1. The van der Waals surface area contributed by atoms with E-state index in [0.29, 0.717) is 11.3 Å². The number of aromatic nitrogens is 6. The third-order valence-electron chi connectivity index (χ3n) is 3.22. The quantitative estimate of drug-likeness (QED) is 0.744. The first kappa shape index (κ1) is 12.2. The highest BCUT2D eigenvalue weighted by Gasteiger charge is 2.14. The van der Waals surface area contributed by atoms with Gasteiger partial charge < -0.3 is 4.98 Å². The van der Waals surface area contributed by atoms with Gasteiger partial charge in [0.05, 0.1) is 17.9 Å². The predicted molar refractivity (Wildman–Crippen MR) is 75.6 cm³/mol. The maximum absolute atomic E-state index is 5.41. The van der Waals surface area contributed by atoms with E-state index in [0.717, 1.165) is 29.1 Å². The van der Waals surface area contributed by atoms with Crippen molar-refractivity contribution < 1.29 is 0 Å². The van der Waals surface area contributed by atoms with Gasteiger partial charge in [0.15, 0.2) is 10.4 Å².